The maximum absolute atomic E-state index is 13.6. The highest BCUT2D eigenvalue weighted by Crippen LogP contribution is 2.17. The minimum atomic E-state index is -0.221. The highest BCUT2D eigenvalue weighted by atomic mass is 79.9. The van der Waals surface area contributed by atoms with Gasteiger partial charge >= 0.3 is 0 Å². The van der Waals surface area contributed by atoms with Gasteiger partial charge in [0.25, 0.3) is 0 Å². The van der Waals surface area contributed by atoms with Crippen molar-refractivity contribution >= 4 is 21.7 Å². The third kappa shape index (κ3) is 3.39. The van der Waals surface area contributed by atoms with E-state index in [1.54, 1.807) is 12.3 Å². The van der Waals surface area contributed by atoms with Crippen LogP contribution in [0, 0.1) is 5.82 Å². The lowest BCUT2D eigenvalue weighted by atomic mass is 10.3. The van der Waals surface area contributed by atoms with Crippen LogP contribution in [-0.4, -0.2) is 47.9 Å². The van der Waals surface area contributed by atoms with Gasteiger partial charge in [0, 0.05) is 37.7 Å². The van der Waals surface area contributed by atoms with Crippen molar-refractivity contribution in [2.75, 3.05) is 43.0 Å². The molecule has 1 aliphatic rings. The highest BCUT2D eigenvalue weighted by molar-refractivity contribution is 9.09. The summed E-state index contributed by atoms with van der Waals surface area (Å²) < 4.78 is 13.6. The molecule has 0 saturated carbocycles. The van der Waals surface area contributed by atoms with E-state index in [0.29, 0.717) is 5.82 Å². The smallest absolute Gasteiger partial charge is 0.165 e. The first-order chi connectivity index (χ1) is 8.31. The lowest BCUT2D eigenvalue weighted by Crippen LogP contribution is -2.32. The second-order valence-electron chi connectivity index (χ2n) is 4.18. The first-order valence-electron chi connectivity index (χ1n) is 5.95. The van der Waals surface area contributed by atoms with E-state index in [1.165, 1.54) is 6.07 Å². The summed E-state index contributed by atoms with van der Waals surface area (Å²) in [4.78, 5) is 8.58. The van der Waals surface area contributed by atoms with Crippen molar-refractivity contribution in [1.29, 1.82) is 0 Å². The maximum atomic E-state index is 13.6. The predicted molar refractivity (Wildman–Crippen MR) is 71.3 cm³/mol. The van der Waals surface area contributed by atoms with Gasteiger partial charge in [0.2, 0.25) is 0 Å². The Bertz CT molecular complexity index is 361. The number of anilines is 1. The van der Waals surface area contributed by atoms with Gasteiger partial charge < -0.3 is 9.80 Å². The molecule has 94 valence electrons. The summed E-state index contributed by atoms with van der Waals surface area (Å²) in [6.07, 6.45) is 2.71. The van der Waals surface area contributed by atoms with E-state index in [1.807, 2.05) is 4.90 Å². The fourth-order valence-electron chi connectivity index (χ4n) is 2.14. The third-order valence-corrected chi connectivity index (χ3v) is 3.38. The van der Waals surface area contributed by atoms with E-state index >= 15 is 0 Å². The van der Waals surface area contributed by atoms with E-state index < -0.39 is 0 Å². The molecule has 5 heteroatoms. The molecule has 2 heterocycles. The van der Waals surface area contributed by atoms with Crippen LogP contribution in [0.5, 0.6) is 0 Å². The fourth-order valence-corrected chi connectivity index (χ4v) is 2.64. The topological polar surface area (TPSA) is 19.4 Å². The van der Waals surface area contributed by atoms with Crippen LogP contribution in [0.3, 0.4) is 0 Å². The molecule has 0 aromatic carbocycles. The number of alkyl halides is 1. The SMILES string of the molecule is Fc1cccnc1N1CCCN(CCBr)CC1. The van der Waals surface area contributed by atoms with Gasteiger partial charge in [0.1, 0.15) is 0 Å². The Morgan fingerprint density at radius 1 is 1.29 bits per heavy atom. The van der Waals surface area contributed by atoms with Crippen LogP contribution >= 0.6 is 15.9 Å². The number of hydrogen-bond donors (Lipinski definition) is 0. The Morgan fingerprint density at radius 2 is 2.18 bits per heavy atom. The second kappa shape index (κ2) is 6.31. The Labute approximate surface area is 110 Å². The molecule has 0 radical (unpaired) electrons. The summed E-state index contributed by atoms with van der Waals surface area (Å²) in [6.45, 7) is 4.84. The van der Waals surface area contributed by atoms with Crippen molar-refractivity contribution in [3.63, 3.8) is 0 Å². The summed E-state index contributed by atoms with van der Waals surface area (Å²) in [5, 5.41) is 0.991. The average Bonchev–Trinajstić information content (AvgIpc) is 2.56. The predicted octanol–water partition coefficient (Wildman–Crippen LogP) is 2.13. The zero-order valence-electron chi connectivity index (χ0n) is 9.78. The zero-order valence-corrected chi connectivity index (χ0v) is 11.4. The summed E-state index contributed by atoms with van der Waals surface area (Å²) in [5.74, 6) is 0.273. The quantitative estimate of drug-likeness (QED) is 0.797. The largest absolute Gasteiger partial charge is 0.353 e. The molecular weight excluding hydrogens is 285 g/mol. The summed E-state index contributed by atoms with van der Waals surface area (Å²) in [6, 6.07) is 3.11. The molecule has 1 aromatic heterocycles. The third-order valence-electron chi connectivity index (χ3n) is 3.03. The summed E-state index contributed by atoms with van der Waals surface area (Å²) in [5.41, 5.74) is 0. The molecule has 0 N–H and O–H groups in total. The molecular formula is C12H17BrFN3. The van der Waals surface area contributed by atoms with Crippen LogP contribution in [0.2, 0.25) is 0 Å². The number of pyridine rings is 1. The van der Waals surface area contributed by atoms with Crippen LogP contribution in [0.4, 0.5) is 10.2 Å². The van der Waals surface area contributed by atoms with Gasteiger partial charge in [-0.2, -0.15) is 0 Å². The first kappa shape index (κ1) is 12.8. The van der Waals surface area contributed by atoms with E-state index in [9.17, 15) is 4.39 Å². The lowest BCUT2D eigenvalue weighted by Gasteiger charge is -2.22. The molecule has 0 spiro atoms. The van der Waals surface area contributed by atoms with Crippen molar-refractivity contribution in [2.24, 2.45) is 0 Å². The molecule has 17 heavy (non-hydrogen) atoms. The number of hydrogen-bond acceptors (Lipinski definition) is 3. The van der Waals surface area contributed by atoms with Gasteiger partial charge in [-0.15, -0.1) is 0 Å². The molecule has 3 nitrogen and oxygen atoms in total. The summed E-state index contributed by atoms with van der Waals surface area (Å²) in [7, 11) is 0. The molecule has 0 bridgehead atoms. The standard InChI is InChI=1S/C12H17BrFN3/c13-4-8-16-6-2-7-17(10-9-16)12-11(14)3-1-5-15-12/h1,3,5H,2,4,6-10H2. The highest BCUT2D eigenvalue weighted by Gasteiger charge is 2.17. The van der Waals surface area contributed by atoms with Gasteiger partial charge in [-0.3, -0.25) is 0 Å². The fraction of sp³-hybridized carbons (Fsp3) is 0.583. The van der Waals surface area contributed by atoms with Crippen molar-refractivity contribution in [2.45, 2.75) is 6.42 Å². The molecule has 0 aliphatic carbocycles. The Balaban J connectivity index is 2.01. The van der Waals surface area contributed by atoms with Crippen molar-refractivity contribution in [3.8, 4) is 0 Å². The number of aromatic nitrogens is 1. The van der Waals surface area contributed by atoms with Crippen molar-refractivity contribution < 1.29 is 4.39 Å². The van der Waals surface area contributed by atoms with Crippen LogP contribution in [-0.2, 0) is 0 Å². The molecule has 1 aliphatic heterocycles. The summed E-state index contributed by atoms with van der Waals surface area (Å²) >= 11 is 3.45. The van der Waals surface area contributed by atoms with Gasteiger partial charge in [0.05, 0.1) is 0 Å². The molecule has 1 fully saturated rings. The van der Waals surface area contributed by atoms with Crippen LogP contribution < -0.4 is 4.90 Å². The van der Waals surface area contributed by atoms with Crippen molar-refractivity contribution in [1.82, 2.24) is 9.88 Å². The molecule has 1 aromatic rings. The average molecular weight is 302 g/mol. The van der Waals surface area contributed by atoms with Crippen LogP contribution in [0.1, 0.15) is 6.42 Å². The Morgan fingerprint density at radius 3 is 2.94 bits per heavy atom. The Hall–Kier alpha value is -0.680. The molecule has 0 unspecified atom stereocenters. The first-order valence-corrected chi connectivity index (χ1v) is 7.07. The van der Waals surface area contributed by atoms with E-state index in [0.717, 1.165) is 44.5 Å². The van der Waals surface area contributed by atoms with Crippen LogP contribution in [0.25, 0.3) is 0 Å². The second-order valence-corrected chi connectivity index (χ2v) is 4.97. The molecule has 0 amide bonds. The number of nitrogens with zero attached hydrogens (tertiary/aromatic N) is 3. The lowest BCUT2D eigenvalue weighted by molar-refractivity contribution is 0.313. The minimum absolute atomic E-state index is 0.221. The minimum Gasteiger partial charge on any atom is -0.353 e. The zero-order chi connectivity index (χ0) is 12.1. The maximum Gasteiger partial charge on any atom is 0.165 e. The molecule has 1 saturated heterocycles. The molecule has 0 atom stereocenters. The van der Waals surface area contributed by atoms with E-state index in [2.05, 4.69) is 25.8 Å². The monoisotopic (exact) mass is 301 g/mol. The normalized spacial score (nSPS) is 18.1. The van der Waals surface area contributed by atoms with E-state index in [-0.39, 0.29) is 5.82 Å². The Kier molecular flexibility index (Phi) is 4.74. The van der Waals surface area contributed by atoms with Gasteiger partial charge in [-0.25, -0.2) is 9.37 Å². The van der Waals surface area contributed by atoms with Crippen LogP contribution in [0.15, 0.2) is 18.3 Å². The number of halogens is 2. The number of rotatable bonds is 3. The van der Waals surface area contributed by atoms with E-state index in [4.69, 9.17) is 0 Å². The van der Waals surface area contributed by atoms with Gasteiger partial charge in [-0.05, 0) is 25.1 Å². The van der Waals surface area contributed by atoms with Gasteiger partial charge in [0.15, 0.2) is 11.6 Å². The molecule has 2 rings (SSSR count). The van der Waals surface area contributed by atoms with Crippen molar-refractivity contribution in [3.05, 3.63) is 24.1 Å². The van der Waals surface area contributed by atoms with Gasteiger partial charge in [-0.1, -0.05) is 15.9 Å².